The van der Waals surface area contributed by atoms with E-state index in [9.17, 15) is 9.59 Å². The number of carbonyl (C=O) groups is 2. The number of amides is 3. The van der Waals surface area contributed by atoms with Crippen molar-refractivity contribution in [1.29, 1.82) is 0 Å². The van der Waals surface area contributed by atoms with E-state index in [0.717, 1.165) is 18.4 Å². The van der Waals surface area contributed by atoms with Gasteiger partial charge in [-0.1, -0.05) is 30.3 Å². The lowest BCUT2D eigenvalue weighted by atomic mass is 10.1. The van der Waals surface area contributed by atoms with E-state index in [0.29, 0.717) is 25.4 Å². The average Bonchev–Trinajstić information content (AvgIpc) is 2.67. The number of likely N-dealkylation sites (tertiary alicyclic amines) is 1. The van der Waals surface area contributed by atoms with Gasteiger partial charge in [0.25, 0.3) is 5.91 Å². The van der Waals surface area contributed by atoms with Gasteiger partial charge >= 0.3 is 6.03 Å². The molecule has 3 N–H and O–H groups in total. The van der Waals surface area contributed by atoms with Gasteiger partial charge in [0.15, 0.2) is 0 Å². The average molecular weight is 354 g/mol. The summed E-state index contributed by atoms with van der Waals surface area (Å²) in [5, 5.41) is 2.94. The van der Waals surface area contributed by atoms with Crippen molar-refractivity contribution < 1.29 is 14.3 Å². The Morgan fingerprint density at radius 2 is 2.08 bits per heavy atom. The lowest BCUT2D eigenvalue weighted by molar-refractivity contribution is 0.0981. The Morgan fingerprint density at radius 1 is 1.27 bits per heavy atom. The van der Waals surface area contributed by atoms with Crippen LogP contribution in [0.5, 0.6) is 5.75 Å². The fourth-order valence-electron chi connectivity index (χ4n) is 2.92. The molecule has 0 aliphatic carbocycles. The van der Waals surface area contributed by atoms with Gasteiger partial charge in [-0.3, -0.25) is 9.78 Å². The van der Waals surface area contributed by atoms with Crippen LogP contribution < -0.4 is 15.8 Å². The van der Waals surface area contributed by atoms with Crippen LogP contribution in [0.3, 0.4) is 0 Å². The number of nitrogens with zero attached hydrogens (tertiary/aromatic N) is 2. The first-order valence-electron chi connectivity index (χ1n) is 8.61. The number of primary amides is 1. The second-order valence-corrected chi connectivity index (χ2v) is 6.21. The molecular formula is C19H22N4O3. The van der Waals surface area contributed by atoms with E-state index >= 15 is 0 Å². The Balaban J connectivity index is 1.54. The third-order valence-corrected chi connectivity index (χ3v) is 4.24. The zero-order chi connectivity index (χ0) is 18.4. The zero-order valence-electron chi connectivity index (χ0n) is 14.4. The van der Waals surface area contributed by atoms with Gasteiger partial charge in [0.2, 0.25) is 0 Å². The second kappa shape index (κ2) is 8.33. The zero-order valence-corrected chi connectivity index (χ0v) is 14.4. The lowest BCUT2D eigenvalue weighted by Crippen LogP contribution is -2.48. The smallest absolute Gasteiger partial charge is 0.317 e. The van der Waals surface area contributed by atoms with Gasteiger partial charge < -0.3 is 20.7 Å². The molecule has 1 unspecified atom stereocenters. The molecular weight excluding hydrogens is 332 g/mol. The molecule has 0 radical (unpaired) electrons. The highest BCUT2D eigenvalue weighted by atomic mass is 16.5. The standard InChI is InChI=1S/C19H22N4O3/c20-18(24)17-11-15(8-9-21-17)26-16-7-4-10-23(13-16)19(25)22-12-14-5-2-1-3-6-14/h1-3,5-6,8-9,11,16H,4,7,10,12-13H2,(H2,20,24)(H,22,25). The maximum Gasteiger partial charge on any atom is 0.317 e. The molecule has 3 amide bonds. The van der Waals surface area contributed by atoms with Crippen molar-refractivity contribution in [2.24, 2.45) is 5.73 Å². The summed E-state index contributed by atoms with van der Waals surface area (Å²) >= 11 is 0. The van der Waals surface area contributed by atoms with Crippen LogP contribution in [0.2, 0.25) is 0 Å². The summed E-state index contributed by atoms with van der Waals surface area (Å²) in [4.78, 5) is 29.3. The summed E-state index contributed by atoms with van der Waals surface area (Å²) < 4.78 is 5.92. The predicted octanol–water partition coefficient (Wildman–Crippen LogP) is 1.93. The van der Waals surface area contributed by atoms with Gasteiger partial charge in [-0.05, 0) is 24.5 Å². The van der Waals surface area contributed by atoms with Crippen molar-refractivity contribution in [3.63, 3.8) is 0 Å². The summed E-state index contributed by atoms with van der Waals surface area (Å²) in [6, 6.07) is 12.9. The minimum absolute atomic E-state index is 0.102. The minimum Gasteiger partial charge on any atom is -0.488 e. The molecule has 0 bridgehead atoms. The molecule has 0 spiro atoms. The highest BCUT2D eigenvalue weighted by Gasteiger charge is 2.25. The molecule has 1 aromatic carbocycles. The SMILES string of the molecule is NC(=O)c1cc(OC2CCCN(C(=O)NCc3ccccc3)C2)ccn1. The van der Waals surface area contributed by atoms with E-state index in [4.69, 9.17) is 10.5 Å². The third-order valence-electron chi connectivity index (χ3n) is 4.24. The maximum absolute atomic E-state index is 12.4. The summed E-state index contributed by atoms with van der Waals surface area (Å²) in [5.41, 5.74) is 6.46. The summed E-state index contributed by atoms with van der Waals surface area (Å²) in [7, 11) is 0. The molecule has 26 heavy (non-hydrogen) atoms. The fraction of sp³-hybridized carbons (Fsp3) is 0.316. The van der Waals surface area contributed by atoms with E-state index in [-0.39, 0.29) is 17.8 Å². The Morgan fingerprint density at radius 3 is 2.85 bits per heavy atom. The van der Waals surface area contributed by atoms with Gasteiger partial charge in [0.05, 0.1) is 6.54 Å². The first kappa shape index (κ1) is 17.7. The quantitative estimate of drug-likeness (QED) is 0.857. The van der Waals surface area contributed by atoms with Crippen molar-refractivity contribution in [3.05, 3.63) is 59.9 Å². The summed E-state index contributed by atoms with van der Waals surface area (Å²) in [6.07, 6.45) is 3.06. The Bertz CT molecular complexity index is 766. The molecule has 1 fully saturated rings. The largest absolute Gasteiger partial charge is 0.488 e. The van der Waals surface area contributed by atoms with Crippen LogP contribution in [0, 0.1) is 0 Å². The van der Waals surface area contributed by atoms with Gasteiger partial charge in [-0.25, -0.2) is 4.79 Å². The first-order valence-corrected chi connectivity index (χ1v) is 8.61. The van der Waals surface area contributed by atoms with Crippen LogP contribution in [0.4, 0.5) is 4.79 Å². The highest BCUT2D eigenvalue weighted by molar-refractivity contribution is 5.91. The number of benzene rings is 1. The molecule has 1 aromatic heterocycles. The number of nitrogens with one attached hydrogen (secondary N) is 1. The lowest BCUT2D eigenvalue weighted by Gasteiger charge is -2.33. The number of urea groups is 1. The monoisotopic (exact) mass is 354 g/mol. The van der Waals surface area contributed by atoms with Crippen LogP contribution in [0.15, 0.2) is 48.7 Å². The Labute approximate surface area is 152 Å². The molecule has 3 rings (SSSR count). The molecule has 7 heteroatoms. The van der Waals surface area contributed by atoms with Crippen LogP contribution in [0.25, 0.3) is 0 Å². The summed E-state index contributed by atoms with van der Waals surface area (Å²) in [6.45, 7) is 1.69. The Kier molecular flexibility index (Phi) is 5.68. The van der Waals surface area contributed by atoms with Gasteiger partial charge in [0.1, 0.15) is 17.5 Å². The molecule has 7 nitrogen and oxygen atoms in total. The third kappa shape index (κ3) is 4.72. The van der Waals surface area contributed by atoms with E-state index in [1.807, 2.05) is 30.3 Å². The van der Waals surface area contributed by atoms with Crippen molar-refractivity contribution in [2.75, 3.05) is 13.1 Å². The number of hydrogen-bond acceptors (Lipinski definition) is 4. The van der Waals surface area contributed by atoms with Crippen LogP contribution in [-0.4, -0.2) is 41.0 Å². The van der Waals surface area contributed by atoms with Gasteiger partial charge in [-0.2, -0.15) is 0 Å². The summed E-state index contributed by atoms with van der Waals surface area (Å²) in [5.74, 6) is -0.0636. The molecule has 1 saturated heterocycles. The molecule has 1 aliphatic rings. The topological polar surface area (TPSA) is 97.6 Å². The molecule has 1 aliphatic heterocycles. The van der Waals surface area contributed by atoms with E-state index in [1.54, 1.807) is 11.0 Å². The maximum atomic E-state index is 12.4. The van der Waals surface area contributed by atoms with Crippen LogP contribution in [0.1, 0.15) is 28.9 Å². The number of carbonyl (C=O) groups excluding carboxylic acids is 2. The van der Waals surface area contributed by atoms with E-state index in [2.05, 4.69) is 10.3 Å². The minimum atomic E-state index is -0.596. The van der Waals surface area contributed by atoms with Crippen molar-refractivity contribution in [3.8, 4) is 5.75 Å². The second-order valence-electron chi connectivity index (χ2n) is 6.21. The van der Waals surface area contributed by atoms with Crippen molar-refractivity contribution in [2.45, 2.75) is 25.5 Å². The molecule has 2 heterocycles. The number of pyridine rings is 1. The highest BCUT2D eigenvalue weighted by Crippen LogP contribution is 2.19. The normalized spacial score (nSPS) is 16.8. The van der Waals surface area contributed by atoms with E-state index < -0.39 is 5.91 Å². The molecule has 2 aromatic rings. The number of hydrogen-bond donors (Lipinski definition) is 2. The number of aromatic nitrogens is 1. The van der Waals surface area contributed by atoms with Gasteiger partial charge in [-0.15, -0.1) is 0 Å². The fourth-order valence-corrected chi connectivity index (χ4v) is 2.92. The molecule has 1 atom stereocenters. The van der Waals surface area contributed by atoms with Crippen molar-refractivity contribution >= 4 is 11.9 Å². The van der Waals surface area contributed by atoms with Crippen LogP contribution in [-0.2, 0) is 6.54 Å². The predicted molar refractivity (Wildman–Crippen MR) is 96.7 cm³/mol. The number of rotatable bonds is 5. The Hall–Kier alpha value is -3.09. The van der Waals surface area contributed by atoms with Crippen LogP contribution >= 0.6 is 0 Å². The first-order chi connectivity index (χ1) is 12.6. The number of nitrogens with two attached hydrogens (primary N) is 1. The van der Waals surface area contributed by atoms with Crippen molar-refractivity contribution in [1.82, 2.24) is 15.2 Å². The number of ether oxygens (including phenoxy) is 1. The van der Waals surface area contributed by atoms with E-state index in [1.165, 1.54) is 12.3 Å². The molecule has 0 saturated carbocycles. The van der Waals surface area contributed by atoms with Gasteiger partial charge in [0, 0.05) is 25.4 Å². The number of piperidine rings is 1. The molecule has 136 valence electrons.